The lowest BCUT2D eigenvalue weighted by atomic mass is 10.1. The van der Waals surface area contributed by atoms with Gasteiger partial charge in [-0.05, 0) is 24.1 Å². The van der Waals surface area contributed by atoms with Gasteiger partial charge in [0.1, 0.15) is 11.9 Å². The van der Waals surface area contributed by atoms with Crippen LogP contribution in [-0.4, -0.2) is 38.2 Å². The second-order valence-electron chi connectivity index (χ2n) is 5.73. The third kappa shape index (κ3) is 3.00. The van der Waals surface area contributed by atoms with Crippen LogP contribution in [0.2, 0.25) is 0 Å². The highest BCUT2D eigenvalue weighted by molar-refractivity contribution is 5.77. The van der Waals surface area contributed by atoms with Crippen molar-refractivity contribution >= 4 is 16.9 Å². The highest BCUT2D eigenvalue weighted by Gasteiger charge is 2.16. The Labute approximate surface area is 147 Å². The zero-order valence-electron chi connectivity index (χ0n) is 14.2. The summed E-state index contributed by atoms with van der Waals surface area (Å²) in [4.78, 5) is 44.8. The van der Waals surface area contributed by atoms with Gasteiger partial charge in [-0.2, -0.15) is 0 Å². The van der Waals surface area contributed by atoms with Crippen molar-refractivity contribution in [2.24, 2.45) is 12.8 Å². The van der Waals surface area contributed by atoms with Crippen molar-refractivity contribution in [1.29, 1.82) is 0 Å². The molecule has 26 heavy (non-hydrogen) atoms. The molecule has 0 spiro atoms. The minimum absolute atomic E-state index is 0.185. The van der Waals surface area contributed by atoms with Crippen molar-refractivity contribution in [2.75, 3.05) is 7.11 Å². The highest BCUT2D eigenvalue weighted by Crippen LogP contribution is 2.08. The number of methoxy groups -OCH3 is 1. The molecule has 0 radical (unpaired) electrons. The molecule has 3 heterocycles. The summed E-state index contributed by atoms with van der Waals surface area (Å²) in [6.07, 6.45) is 4.66. The molecule has 0 aromatic carbocycles. The molecule has 2 N–H and O–H groups in total. The van der Waals surface area contributed by atoms with E-state index in [2.05, 4.69) is 14.7 Å². The number of aromatic nitrogens is 4. The second kappa shape index (κ2) is 6.89. The van der Waals surface area contributed by atoms with Crippen molar-refractivity contribution in [3.8, 4) is 5.82 Å². The SMILES string of the molecule is COC(=O)[C@@H](N)Cc1ccc(-n2c(=O)c3ccncc3n(C)c2=O)nc1. The first-order valence-corrected chi connectivity index (χ1v) is 7.78. The number of ether oxygens (including phenoxy) is 1. The average molecular weight is 355 g/mol. The summed E-state index contributed by atoms with van der Waals surface area (Å²) in [7, 11) is 2.83. The Bertz CT molecular complexity index is 1080. The topological polar surface area (TPSA) is 122 Å². The Balaban J connectivity index is 2.04. The summed E-state index contributed by atoms with van der Waals surface area (Å²) in [5.74, 6) is -0.341. The number of aryl methyl sites for hydroxylation is 1. The fourth-order valence-electron chi connectivity index (χ4n) is 2.65. The zero-order valence-corrected chi connectivity index (χ0v) is 14.2. The highest BCUT2D eigenvalue weighted by atomic mass is 16.5. The number of carbonyl (C=O) groups excluding carboxylic acids is 1. The molecule has 0 saturated heterocycles. The lowest BCUT2D eigenvalue weighted by Gasteiger charge is -2.11. The van der Waals surface area contributed by atoms with Crippen LogP contribution in [0, 0.1) is 0 Å². The van der Waals surface area contributed by atoms with Crippen LogP contribution in [0.25, 0.3) is 16.7 Å². The van der Waals surface area contributed by atoms with E-state index in [0.717, 1.165) is 4.57 Å². The van der Waals surface area contributed by atoms with Crippen LogP contribution in [0.4, 0.5) is 0 Å². The van der Waals surface area contributed by atoms with E-state index in [1.54, 1.807) is 19.2 Å². The van der Waals surface area contributed by atoms with Crippen molar-refractivity contribution in [1.82, 2.24) is 19.1 Å². The fourth-order valence-corrected chi connectivity index (χ4v) is 2.65. The first-order valence-electron chi connectivity index (χ1n) is 7.78. The lowest BCUT2D eigenvalue weighted by Crippen LogP contribution is -2.38. The summed E-state index contributed by atoms with van der Waals surface area (Å²) < 4.78 is 6.92. The van der Waals surface area contributed by atoms with E-state index in [4.69, 9.17) is 5.73 Å². The van der Waals surface area contributed by atoms with Gasteiger partial charge in [-0.25, -0.2) is 14.3 Å². The van der Waals surface area contributed by atoms with Crippen LogP contribution in [0.3, 0.4) is 0 Å². The van der Waals surface area contributed by atoms with Crippen molar-refractivity contribution < 1.29 is 9.53 Å². The van der Waals surface area contributed by atoms with Gasteiger partial charge in [-0.3, -0.25) is 19.1 Å². The van der Waals surface area contributed by atoms with Gasteiger partial charge in [-0.15, -0.1) is 0 Å². The van der Waals surface area contributed by atoms with E-state index < -0.39 is 23.3 Å². The first-order chi connectivity index (χ1) is 12.4. The number of carbonyl (C=O) groups is 1. The Hall–Kier alpha value is -3.33. The molecular formula is C17H17N5O4. The van der Waals surface area contributed by atoms with Gasteiger partial charge >= 0.3 is 11.7 Å². The predicted octanol–water partition coefficient (Wildman–Crippen LogP) is -0.478. The van der Waals surface area contributed by atoms with Crippen LogP contribution in [0.5, 0.6) is 0 Å². The van der Waals surface area contributed by atoms with Gasteiger partial charge < -0.3 is 10.5 Å². The van der Waals surface area contributed by atoms with Crippen LogP contribution in [0.15, 0.2) is 46.4 Å². The average Bonchev–Trinajstić information content (AvgIpc) is 2.67. The summed E-state index contributed by atoms with van der Waals surface area (Å²) >= 11 is 0. The summed E-state index contributed by atoms with van der Waals surface area (Å²) in [6.45, 7) is 0. The number of nitrogens with zero attached hydrogens (tertiary/aromatic N) is 4. The Morgan fingerprint density at radius 2 is 2.04 bits per heavy atom. The maximum atomic E-state index is 12.7. The van der Waals surface area contributed by atoms with Crippen molar-refractivity contribution in [2.45, 2.75) is 12.5 Å². The molecule has 0 bridgehead atoms. The summed E-state index contributed by atoms with van der Waals surface area (Å²) in [5.41, 5.74) is 5.85. The number of hydrogen-bond donors (Lipinski definition) is 1. The zero-order chi connectivity index (χ0) is 18.8. The Morgan fingerprint density at radius 1 is 1.27 bits per heavy atom. The summed E-state index contributed by atoms with van der Waals surface area (Å²) in [5, 5.41) is 0.362. The maximum Gasteiger partial charge on any atom is 0.337 e. The molecule has 0 aliphatic rings. The van der Waals surface area contributed by atoms with Crippen LogP contribution < -0.4 is 17.0 Å². The van der Waals surface area contributed by atoms with Gasteiger partial charge in [0.15, 0.2) is 0 Å². The van der Waals surface area contributed by atoms with Crippen molar-refractivity contribution in [3.05, 3.63) is 63.2 Å². The van der Waals surface area contributed by atoms with Gasteiger partial charge in [0.2, 0.25) is 0 Å². The number of pyridine rings is 2. The monoisotopic (exact) mass is 355 g/mol. The molecule has 1 atom stereocenters. The molecule has 0 amide bonds. The minimum Gasteiger partial charge on any atom is -0.468 e. The molecule has 3 aromatic rings. The van der Waals surface area contributed by atoms with E-state index in [1.165, 1.54) is 36.3 Å². The number of esters is 1. The normalized spacial score (nSPS) is 12.1. The molecule has 134 valence electrons. The lowest BCUT2D eigenvalue weighted by molar-refractivity contribution is -0.142. The van der Waals surface area contributed by atoms with E-state index >= 15 is 0 Å². The van der Waals surface area contributed by atoms with Crippen LogP contribution >= 0.6 is 0 Å². The van der Waals surface area contributed by atoms with E-state index in [0.29, 0.717) is 16.5 Å². The number of rotatable bonds is 4. The third-order valence-corrected chi connectivity index (χ3v) is 4.07. The van der Waals surface area contributed by atoms with Crippen LogP contribution in [0.1, 0.15) is 5.56 Å². The quantitative estimate of drug-likeness (QED) is 0.627. The Kier molecular flexibility index (Phi) is 4.63. The second-order valence-corrected chi connectivity index (χ2v) is 5.73. The fraction of sp³-hybridized carbons (Fsp3) is 0.235. The first kappa shape index (κ1) is 17.5. The predicted molar refractivity (Wildman–Crippen MR) is 94.1 cm³/mol. The number of fused-ring (bicyclic) bond motifs is 1. The van der Waals surface area contributed by atoms with Gasteiger partial charge in [0.25, 0.3) is 5.56 Å². The molecule has 3 aromatic heterocycles. The maximum absolute atomic E-state index is 12.7. The van der Waals surface area contributed by atoms with Crippen molar-refractivity contribution in [3.63, 3.8) is 0 Å². The standard InChI is InChI=1S/C17H17N5O4/c1-21-13-9-19-6-5-11(13)15(23)22(17(21)25)14-4-3-10(8-20-14)7-12(18)16(24)26-2/h3-6,8-9,12H,7,18H2,1-2H3/t12-/m0/s1. The molecule has 9 heteroatoms. The van der Waals surface area contributed by atoms with Gasteiger partial charge in [-0.1, -0.05) is 6.07 Å². The molecule has 0 saturated carbocycles. The van der Waals surface area contributed by atoms with E-state index in [-0.39, 0.29) is 12.2 Å². The molecular weight excluding hydrogens is 338 g/mol. The van der Waals surface area contributed by atoms with Gasteiger partial charge in [0.05, 0.1) is 24.2 Å². The molecule has 9 nitrogen and oxygen atoms in total. The summed E-state index contributed by atoms with van der Waals surface area (Å²) in [6, 6.07) is 3.94. The smallest absolute Gasteiger partial charge is 0.337 e. The third-order valence-electron chi connectivity index (χ3n) is 4.07. The molecule has 0 unspecified atom stereocenters. The molecule has 3 rings (SSSR count). The number of hydrogen-bond acceptors (Lipinski definition) is 7. The molecule has 0 fully saturated rings. The largest absolute Gasteiger partial charge is 0.468 e. The van der Waals surface area contributed by atoms with E-state index in [1.807, 2.05) is 0 Å². The molecule has 0 aliphatic carbocycles. The van der Waals surface area contributed by atoms with Crippen LogP contribution in [-0.2, 0) is 23.0 Å². The van der Waals surface area contributed by atoms with Gasteiger partial charge in [0, 0.05) is 19.4 Å². The van der Waals surface area contributed by atoms with E-state index in [9.17, 15) is 14.4 Å². The molecule has 0 aliphatic heterocycles. The number of nitrogens with two attached hydrogens (primary N) is 1. The Morgan fingerprint density at radius 3 is 2.69 bits per heavy atom. The minimum atomic E-state index is -0.809.